The molecule has 0 aromatic carbocycles. The molecule has 0 radical (unpaired) electrons. The molecule has 100 valence electrons. The molecular formula is C16H31N. The van der Waals surface area contributed by atoms with Crippen molar-refractivity contribution >= 4 is 0 Å². The second kappa shape index (κ2) is 6.58. The van der Waals surface area contributed by atoms with E-state index in [-0.39, 0.29) is 0 Å². The Kier molecular flexibility index (Phi) is 5.72. The van der Waals surface area contributed by atoms with E-state index >= 15 is 0 Å². The number of allylic oxidation sites excluding steroid dienone is 1. The summed E-state index contributed by atoms with van der Waals surface area (Å²) in [6, 6.07) is 0.669. The summed E-state index contributed by atoms with van der Waals surface area (Å²) in [6.45, 7) is 16.4. The lowest BCUT2D eigenvalue weighted by Crippen LogP contribution is -2.35. The predicted molar refractivity (Wildman–Crippen MR) is 77.2 cm³/mol. The molecule has 1 rings (SSSR count). The maximum atomic E-state index is 2.58. The molecule has 3 atom stereocenters. The number of hydrogen-bond acceptors (Lipinski definition) is 1. The van der Waals surface area contributed by atoms with Gasteiger partial charge < -0.3 is 4.90 Å². The largest absolute Gasteiger partial charge is 0.301 e. The Bertz CT molecular complexity index is 254. The van der Waals surface area contributed by atoms with E-state index in [0.29, 0.717) is 6.04 Å². The Morgan fingerprint density at radius 2 is 1.94 bits per heavy atom. The molecule has 17 heavy (non-hydrogen) atoms. The van der Waals surface area contributed by atoms with Gasteiger partial charge in [-0.1, -0.05) is 39.3 Å². The Morgan fingerprint density at radius 3 is 2.41 bits per heavy atom. The summed E-state index contributed by atoms with van der Waals surface area (Å²) < 4.78 is 0. The van der Waals surface area contributed by atoms with E-state index in [1.165, 1.54) is 25.9 Å². The first-order chi connectivity index (χ1) is 7.95. The Morgan fingerprint density at radius 1 is 1.29 bits per heavy atom. The van der Waals surface area contributed by atoms with Gasteiger partial charge in [-0.25, -0.2) is 0 Å². The van der Waals surface area contributed by atoms with Crippen LogP contribution in [0.25, 0.3) is 0 Å². The van der Waals surface area contributed by atoms with Crippen LogP contribution in [-0.2, 0) is 0 Å². The molecule has 1 aliphatic carbocycles. The molecule has 3 unspecified atom stereocenters. The fraction of sp³-hybridized carbons (Fsp3) is 0.875. The van der Waals surface area contributed by atoms with Crippen LogP contribution in [0.5, 0.6) is 0 Å². The second-order valence-electron chi connectivity index (χ2n) is 6.20. The molecule has 1 aliphatic rings. The van der Waals surface area contributed by atoms with Crippen LogP contribution in [0.2, 0.25) is 0 Å². The molecule has 0 N–H and O–H groups in total. The van der Waals surface area contributed by atoms with Gasteiger partial charge in [0.1, 0.15) is 0 Å². The molecule has 0 saturated heterocycles. The zero-order valence-electron chi connectivity index (χ0n) is 12.7. The SMILES string of the molecule is CCN(CC(C)C1=CC(C)C(C)CC1)C(C)C. The van der Waals surface area contributed by atoms with Crippen LogP contribution < -0.4 is 0 Å². The van der Waals surface area contributed by atoms with Crippen LogP contribution in [0.4, 0.5) is 0 Å². The van der Waals surface area contributed by atoms with Crippen LogP contribution in [0.15, 0.2) is 11.6 Å². The van der Waals surface area contributed by atoms with Crippen molar-refractivity contribution in [1.29, 1.82) is 0 Å². The highest BCUT2D eigenvalue weighted by molar-refractivity contribution is 5.12. The van der Waals surface area contributed by atoms with Crippen LogP contribution in [0.3, 0.4) is 0 Å². The molecule has 1 heteroatoms. The molecule has 0 amide bonds. The van der Waals surface area contributed by atoms with Gasteiger partial charge in [-0.3, -0.25) is 0 Å². The second-order valence-corrected chi connectivity index (χ2v) is 6.20. The Labute approximate surface area is 108 Å². The molecular weight excluding hydrogens is 206 g/mol. The quantitative estimate of drug-likeness (QED) is 0.643. The lowest BCUT2D eigenvalue weighted by molar-refractivity contribution is 0.209. The van der Waals surface area contributed by atoms with E-state index in [0.717, 1.165) is 17.8 Å². The molecule has 0 aliphatic heterocycles. The maximum absolute atomic E-state index is 2.58. The van der Waals surface area contributed by atoms with Gasteiger partial charge in [-0.05, 0) is 51.0 Å². The van der Waals surface area contributed by atoms with E-state index in [9.17, 15) is 0 Å². The molecule has 0 spiro atoms. The summed E-state index contributed by atoms with van der Waals surface area (Å²) in [4.78, 5) is 2.58. The fourth-order valence-electron chi connectivity index (χ4n) is 2.83. The van der Waals surface area contributed by atoms with Crippen molar-refractivity contribution in [2.24, 2.45) is 17.8 Å². The lowest BCUT2D eigenvalue weighted by atomic mass is 9.79. The standard InChI is InChI=1S/C16H31N/c1-7-17(12(2)3)11-15(6)16-9-8-13(4)14(5)10-16/h10,12-15H,7-9,11H2,1-6H3. The zero-order chi connectivity index (χ0) is 13.0. The Balaban J connectivity index is 2.58. The van der Waals surface area contributed by atoms with Crippen molar-refractivity contribution in [3.63, 3.8) is 0 Å². The minimum absolute atomic E-state index is 0.669. The summed E-state index contributed by atoms with van der Waals surface area (Å²) in [5.41, 5.74) is 1.70. The van der Waals surface area contributed by atoms with Gasteiger partial charge in [-0.15, -0.1) is 0 Å². The van der Waals surface area contributed by atoms with Gasteiger partial charge in [0.05, 0.1) is 0 Å². The predicted octanol–water partition coefficient (Wildman–Crippen LogP) is 4.35. The van der Waals surface area contributed by atoms with E-state index in [4.69, 9.17) is 0 Å². The molecule has 1 nitrogen and oxygen atoms in total. The Hall–Kier alpha value is -0.300. The van der Waals surface area contributed by atoms with Gasteiger partial charge in [0.2, 0.25) is 0 Å². The minimum Gasteiger partial charge on any atom is -0.301 e. The normalized spacial score (nSPS) is 27.4. The van der Waals surface area contributed by atoms with Crippen LogP contribution in [-0.4, -0.2) is 24.0 Å². The first kappa shape index (κ1) is 14.8. The number of nitrogens with zero attached hydrogens (tertiary/aromatic N) is 1. The number of hydrogen-bond donors (Lipinski definition) is 0. The van der Waals surface area contributed by atoms with Crippen LogP contribution >= 0.6 is 0 Å². The summed E-state index contributed by atoms with van der Waals surface area (Å²) in [7, 11) is 0. The van der Waals surface area contributed by atoms with Crippen molar-refractivity contribution < 1.29 is 0 Å². The van der Waals surface area contributed by atoms with Crippen LogP contribution in [0.1, 0.15) is 54.4 Å². The van der Waals surface area contributed by atoms with Gasteiger partial charge in [0.15, 0.2) is 0 Å². The average Bonchev–Trinajstić information content (AvgIpc) is 2.28. The maximum Gasteiger partial charge on any atom is 0.00469 e. The third-order valence-corrected chi connectivity index (χ3v) is 4.54. The molecule has 0 heterocycles. The van der Waals surface area contributed by atoms with Gasteiger partial charge in [0, 0.05) is 12.6 Å². The third-order valence-electron chi connectivity index (χ3n) is 4.54. The molecule has 0 saturated carbocycles. The summed E-state index contributed by atoms with van der Waals surface area (Å²) in [5, 5.41) is 0. The highest BCUT2D eigenvalue weighted by atomic mass is 15.1. The highest BCUT2D eigenvalue weighted by Gasteiger charge is 2.21. The first-order valence-corrected chi connectivity index (χ1v) is 7.40. The summed E-state index contributed by atoms with van der Waals surface area (Å²) in [6.07, 6.45) is 5.25. The van der Waals surface area contributed by atoms with E-state index < -0.39 is 0 Å². The first-order valence-electron chi connectivity index (χ1n) is 7.40. The van der Waals surface area contributed by atoms with Crippen molar-refractivity contribution in [2.75, 3.05) is 13.1 Å². The molecule has 0 aromatic heterocycles. The summed E-state index contributed by atoms with van der Waals surface area (Å²) >= 11 is 0. The van der Waals surface area contributed by atoms with E-state index in [1.807, 2.05) is 0 Å². The van der Waals surface area contributed by atoms with Crippen LogP contribution in [0, 0.1) is 17.8 Å². The van der Waals surface area contributed by atoms with E-state index in [2.05, 4.69) is 52.5 Å². The zero-order valence-corrected chi connectivity index (χ0v) is 12.7. The van der Waals surface area contributed by atoms with Crippen molar-refractivity contribution in [2.45, 2.75) is 60.4 Å². The number of rotatable bonds is 5. The van der Waals surface area contributed by atoms with Gasteiger partial charge in [0.25, 0.3) is 0 Å². The van der Waals surface area contributed by atoms with Crippen molar-refractivity contribution in [1.82, 2.24) is 4.90 Å². The smallest absolute Gasteiger partial charge is 0.00469 e. The highest BCUT2D eigenvalue weighted by Crippen LogP contribution is 2.32. The lowest BCUT2D eigenvalue weighted by Gasteiger charge is -2.32. The average molecular weight is 237 g/mol. The van der Waals surface area contributed by atoms with E-state index in [1.54, 1.807) is 5.57 Å². The van der Waals surface area contributed by atoms with Crippen molar-refractivity contribution in [3.05, 3.63) is 11.6 Å². The summed E-state index contributed by atoms with van der Waals surface area (Å²) in [5.74, 6) is 2.38. The van der Waals surface area contributed by atoms with Crippen molar-refractivity contribution in [3.8, 4) is 0 Å². The fourth-order valence-corrected chi connectivity index (χ4v) is 2.83. The molecule has 0 bridgehead atoms. The monoisotopic (exact) mass is 237 g/mol. The molecule has 0 fully saturated rings. The molecule has 0 aromatic rings. The third kappa shape index (κ3) is 4.13. The van der Waals surface area contributed by atoms with Gasteiger partial charge in [-0.2, -0.15) is 0 Å². The minimum atomic E-state index is 0.669. The topological polar surface area (TPSA) is 3.24 Å². The van der Waals surface area contributed by atoms with Gasteiger partial charge >= 0.3 is 0 Å².